The number of halogens is 1. The molecule has 2 heterocycles. The molecule has 26 heavy (non-hydrogen) atoms. The molecule has 2 aromatic heterocycles. The summed E-state index contributed by atoms with van der Waals surface area (Å²) in [5, 5.41) is 13.2. The van der Waals surface area contributed by atoms with Gasteiger partial charge in [-0.1, -0.05) is 42.5 Å². The minimum absolute atomic E-state index is 0. The second-order valence-electron chi connectivity index (χ2n) is 5.49. The minimum atomic E-state index is 0. The zero-order valence-corrected chi connectivity index (χ0v) is 17.1. The molecule has 4 rings (SSSR count). The molecule has 0 aliphatic heterocycles. The van der Waals surface area contributed by atoms with Gasteiger partial charge in [0.1, 0.15) is 10.8 Å². The third-order valence-corrected chi connectivity index (χ3v) is 7.13. The summed E-state index contributed by atoms with van der Waals surface area (Å²) in [5.74, 6) is 0.109. The summed E-state index contributed by atoms with van der Waals surface area (Å²) in [6.07, 6.45) is 2.04. The number of nitrogens with two attached hydrogens (primary N) is 1. The van der Waals surface area contributed by atoms with E-state index >= 15 is 0 Å². The summed E-state index contributed by atoms with van der Waals surface area (Å²) in [4.78, 5) is 5.68. The van der Waals surface area contributed by atoms with Crippen LogP contribution in [0.2, 0.25) is 0 Å². The lowest BCUT2D eigenvalue weighted by molar-refractivity contribution is 1.40. The quantitative estimate of drug-likeness (QED) is 0.239. The molecule has 0 spiro atoms. The molecule has 0 unspecified atom stereocenters. The third-order valence-electron chi connectivity index (χ3n) is 3.95. The average Bonchev–Trinajstić information content (AvgIpc) is 3.28. The number of hydrogen-bond donors (Lipinski definition) is 2. The minimum Gasteiger partial charge on any atom is -0.383 e. The van der Waals surface area contributed by atoms with Crippen LogP contribution >= 0.6 is 46.8 Å². The van der Waals surface area contributed by atoms with Gasteiger partial charge >= 0.3 is 0 Å². The van der Waals surface area contributed by atoms with E-state index in [0.29, 0.717) is 0 Å². The maximum Gasteiger partial charge on any atom is 0.133 e. The molecule has 7 heteroatoms. The first-order valence-corrected chi connectivity index (χ1v) is 10.6. The summed E-state index contributed by atoms with van der Waals surface area (Å²) < 4.78 is 1.14. The lowest BCUT2D eigenvalue weighted by Crippen LogP contribution is -2.08. The van der Waals surface area contributed by atoms with E-state index in [1.807, 2.05) is 12.3 Å². The highest BCUT2D eigenvalue weighted by molar-refractivity contribution is 8.00. The molecule has 3 N–H and O–H groups in total. The second kappa shape index (κ2) is 7.80. The molecule has 2 aromatic carbocycles. The Hall–Kier alpha value is -1.86. The summed E-state index contributed by atoms with van der Waals surface area (Å²) >= 11 is 4.85. The Morgan fingerprint density at radius 1 is 1.12 bits per heavy atom. The number of thiazole rings is 1. The highest BCUT2D eigenvalue weighted by Crippen LogP contribution is 2.40. The fraction of sp³-hybridized carbons (Fsp3) is 0.0526. The van der Waals surface area contributed by atoms with Crippen molar-refractivity contribution in [1.82, 2.24) is 4.98 Å². The lowest BCUT2D eigenvalue weighted by atomic mass is 10.0. The SMILES string of the molecule is CSc1sc(C(=N)N)cc1-c1nc(-c2cccc3ccccc23)cs1.Cl. The lowest BCUT2D eigenvalue weighted by Gasteiger charge is -2.03. The number of hydrogen-bond acceptors (Lipinski definition) is 5. The van der Waals surface area contributed by atoms with Crippen LogP contribution < -0.4 is 5.73 Å². The van der Waals surface area contributed by atoms with Crippen molar-refractivity contribution in [2.75, 3.05) is 6.26 Å². The van der Waals surface area contributed by atoms with Crippen molar-refractivity contribution in [3.8, 4) is 21.8 Å². The molecule has 0 aliphatic carbocycles. The first-order valence-electron chi connectivity index (χ1n) is 7.63. The van der Waals surface area contributed by atoms with Gasteiger partial charge in [-0.3, -0.25) is 5.41 Å². The van der Waals surface area contributed by atoms with E-state index in [4.69, 9.17) is 16.1 Å². The molecule has 0 aliphatic rings. The standard InChI is InChI=1S/C19H15N3S3.ClH/c1-23-19-14(9-16(25-19)17(20)21)18-22-15(10-24-18)13-8-4-6-11-5-2-3-7-12(11)13;/h2-10H,1H3,(H3,20,21);1H. The number of thiophene rings is 1. The van der Waals surface area contributed by atoms with Crippen LogP contribution in [0.4, 0.5) is 0 Å². The third kappa shape index (κ3) is 3.38. The van der Waals surface area contributed by atoms with Gasteiger partial charge in [0.05, 0.1) is 14.8 Å². The molecule has 0 radical (unpaired) electrons. The predicted molar refractivity (Wildman–Crippen MR) is 118 cm³/mol. The zero-order chi connectivity index (χ0) is 17.4. The van der Waals surface area contributed by atoms with Gasteiger partial charge < -0.3 is 5.73 Å². The van der Waals surface area contributed by atoms with Gasteiger partial charge in [-0.05, 0) is 23.1 Å². The van der Waals surface area contributed by atoms with E-state index < -0.39 is 0 Å². The van der Waals surface area contributed by atoms with Crippen LogP contribution in [0.1, 0.15) is 4.88 Å². The van der Waals surface area contributed by atoms with Gasteiger partial charge in [0.15, 0.2) is 0 Å². The molecular weight excluding hydrogens is 402 g/mol. The van der Waals surface area contributed by atoms with Crippen LogP contribution in [0.5, 0.6) is 0 Å². The molecule has 3 nitrogen and oxygen atoms in total. The largest absolute Gasteiger partial charge is 0.383 e. The zero-order valence-electron chi connectivity index (χ0n) is 13.9. The summed E-state index contributed by atoms with van der Waals surface area (Å²) in [6.45, 7) is 0. The Labute approximate surface area is 170 Å². The fourth-order valence-electron chi connectivity index (χ4n) is 2.78. The maximum atomic E-state index is 7.67. The van der Waals surface area contributed by atoms with Crippen LogP contribution in [0.25, 0.3) is 32.6 Å². The molecule has 0 fully saturated rings. The Balaban J connectivity index is 0.00000196. The van der Waals surface area contributed by atoms with Crippen molar-refractivity contribution in [3.05, 3.63) is 58.8 Å². The van der Waals surface area contributed by atoms with Gasteiger partial charge in [-0.25, -0.2) is 4.98 Å². The number of nitrogens with one attached hydrogen (secondary N) is 1. The first-order chi connectivity index (χ1) is 12.2. The Kier molecular flexibility index (Phi) is 5.67. The Morgan fingerprint density at radius 2 is 1.88 bits per heavy atom. The van der Waals surface area contributed by atoms with Crippen LogP contribution in [-0.2, 0) is 0 Å². The molecule has 0 bridgehead atoms. The van der Waals surface area contributed by atoms with Crippen molar-refractivity contribution >= 4 is 63.5 Å². The number of amidine groups is 1. The number of aromatic nitrogens is 1. The van der Waals surface area contributed by atoms with Crippen molar-refractivity contribution in [1.29, 1.82) is 5.41 Å². The molecule has 0 amide bonds. The van der Waals surface area contributed by atoms with E-state index in [1.165, 1.54) is 10.8 Å². The summed E-state index contributed by atoms with van der Waals surface area (Å²) in [7, 11) is 0. The molecule has 4 aromatic rings. The number of thioether (sulfide) groups is 1. The number of nitrogen functional groups attached to an aromatic ring is 1. The van der Waals surface area contributed by atoms with Gasteiger partial charge in [-0.15, -0.1) is 46.8 Å². The number of nitrogens with zero attached hydrogens (tertiary/aromatic N) is 1. The van der Waals surface area contributed by atoms with Crippen molar-refractivity contribution in [3.63, 3.8) is 0 Å². The molecule has 0 atom stereocenters. The van der Waals surface area contributed by atoms with Crippen molar-refractivity contribution in [2.24, 2.45) is 5.73 Å². The van der Waals surface area contributed by atoms with Crippen LogP contribution in [0, 0.1) is 5.41 Å². The molecule has 132 valence electrons. The predicted octanol–water partition coefficient (Wildman–Crippen LogP) is 6.12. The van der Waals surface area contributed by atoms with E-state index in [0.717, 1.165) is 30.9 Å². The van der Waals surface area contributed by atoms with Crippen LogP contribution in [0.3, 0.4) is 0 Å². The number of fused-ring (bicyclic) bond motifs is 1. The monoisotopic (exact) mass is 417 g/mol. The van der Waals surface area contributed by atoms with Crippen LogP contribution in [-0.4, -0.2) is 17.1 Å². The van der Waals surface area contributed by atoms with Gasteiger partial charge in [0.25, 0.3) is 0 Å². The molecular formula is C19H16ClN3S3. The highest BCUT2D eigenvalue weighted by Gasteiger charge is 2.16. The maximum absolute atomic E-state index is 7.67. The van der Waals surface area contributed by atoms with Crippen molar-refractivity contribution in [2.45, 2.75) is 4.21 Å². The molecule has 0 saturated heterocycles. The van der Waals surface area contributed by atoms with E-state index in [1.54, 1.807) is 34.4 Å². The first kappa shape index (κ1) is 18.9. The van der Waals surface area contributed by atoms with Crippen molar-refractivity contribution < 1.29 is 0 Å². The number of benzene rings is 2. The smallest absolute Gasteiger partial charge is 0.133 e. The van der Waals surface area contributed by atoms with Crippen LogP contribution in [0.15, 0.2) is 58.1 Å². The molecule has 0 saturated carbocycles. The van der Waals surface area contributed by atoms with Gasteiger partial charge in [0.2, 0.25) is 0 Å². The highest BCUT2D eigenvalue weighted by atomic mass is 35.5. The van der Waals surface area contributed by atoms with E-state index in [2.05, 4.69) is 47.8 Å². The van der Waals surface area contributed by atoms with Gasteiger partial charge in [0, 0.05) is 16.5 Å². The summed E-state index contributed by atoms with van der Waals surface area (Å²) in [6, 6.07) is 16.7. The Bertz CT molecular complexity index is 1080. The number of rotatable bonds is 4. The topological polar surface area (TPSA) is 62.8 Å². The normalized spacial score (nSPS) is 10.7. The summed E-state index contributed by atoms with van der Waals surface area (Å²) in [5.41, 5.74) is 8.86. The van der Waals surface area contributed by atoms with E-state index in [-0.39, 0.29) is 18.2 Å². The van der Waals surface area contributed by atoms with E-state index in [9.17, 15) is 0 Å². The second-order valence-corrected chi connectivity index (χ2v) is 8.48. The average molecular weight is 418 g/mol. The van der Waals surface area contributed by atoms with Gasteiger partial charge in [-0.2, -0.15) is 0 Å². The Morgan fingerprint density at radius 3 is 2.65 bits per heavy atom. The fourth-order valence-corrected chi connectivity index (χ4v) is 5.48.